The highest BCUT2D eigenvalue weighted by atomic mass is 19.4. The van der Waals surface area contributed by atoms with Gasteiger partial charge < -0.3 is 14.2 Å². The van der Waals surface area contributed by atoms with Crippen LogP contribution in [0.2, 0.25) is 0 Å². The molecule has 15 unspecified atom stereocenters. The number of fused-ring (bicyclic) bond motifs is 18. The van der Waals surface area contributed by atoms with Crippen molar-refractivity contribution in [3.05, 3.63) is 144 Å². The zero-order valence-electron chi connectivity index (χ0n) is 38.5. The van der Waals surface area contributed by atoms with Crippen molar-refractivity contribution in [3.8, 4) is 23.0 Å². The molecule has 15 atom stereocenters. The second-order valence-corrected chi connectivity index (χ2v) is 22.0. The minimum atomic E-state index is -4.27. The number of hydrogen-bond donors (Lipinski definition) is 0. The van der Waals surface area contributed by atoms with E-state index in [1.807, 2.05) is 30.3 Å². The van der Waals surface area contributed by atoms with Crippen molar-refractivity contribution >= 4 is 21.5 Å². The topological polar surface area (TPSA) is 27.7 Å². The van der Waals surface area contributed by atoms with Crippen LogP contribution in [0.5, 0.6) is 23.0 Å². The molecule has 6 heteroatoms. The van der Waals surface area contributed by atoms with E-state index in [0.717, 1.165) is 107 Å². The Labute approximate surface area is 388 Å². The third kappa shape index (κ3) is 7.67. The van der Waals surface area contributed by atoms with E-state index in [4.69, 9.17) is 14.2 Å². The predicted molar refractivity (Wildman–Crippen MR) is 257 cm³/mol. The molecule has 0 aromatic heterocycles. The number of hydrogen-bond acceptors (Lipinski definition) is 3. The first kappa shape index (κ1) is 42.4. The fraction of sp³-hybridized carbons (Fsp3) is 0.467. The second-order valence-electron chi connectivity index (χ2n) is 22.0. The zero-order chi connectivity index (χ0) is 44.8. The molecule has 6 saturated carbocycles. The summed E-state index contributed by atoms with van der Waals surface area (Å²) in [6.07, 6.45) is 6.71. The summed E-state index contributed by atoms with van der Waals surface area (Å²) in [7, 11) is 0. The van der Waals surface area contributed by atoms with E-state index in [0.29, 0.717) is 11.9 Å². The van der Waals surface area contributed by atoms with Crippen molar-refractivity contribution in [1.29, 1.82) is 0 Å². The molecule has 0 amide bonds. The fourth-order valence-corrected chi connectivity index (χ4v) is 15.5. The van der Waals surface area contributed by atoms with Crippen LogP contribution in [0.3, 0.4) is 0 Å². The van der Waals surface area contributed by atoms with Crippen LogP contribution in [0.25, 0.3) is 21.5 Å². The Morgan fingerprint density at radius 3 is 1.70 bits per heavy atom. The Morgan fingerprint density at radius 1 is 0.500 bits per heavy atom. The summed E-state index contributed by atoms with van der Waals surface area (Å²) in [6.45, 7) is 5.35. The van der Waals surface area contributed by atoms with Gasteiger partial charge in [0.2, 0.25) is 0 Å². The maximum Gasteiger partial charge on any atom is 0.394 e. The molecule has 3 nitrogen and oxygen atoms in total. The normalized spacial score (nSPS) is 30.9. The molecule has 0 spiro atoms. The number of ether oxygens (including phenoxy) is 3. The molecule has 12 rings (SSSR count). The zero-order valence-corrected chi connectivity index (χ0v) is 38.5. The lowest BCUT2D eigenvalue weighted by Crippen LogP contribution is -2.44. The second kappa shape index (κ2) is 16.7. The molecule has 66 heavy (non-hydrogen) atoms. The van der Waals surface area contributed by atoms with Crippen molar-refractivity contribution < 1.29 is 27.4 Å². The van der Waals surface area contributed by atoms with Crippen LogP contribution in [-0.2, 0) is 0 Å². The highest BCUT2D eigenvalue weighted by molar-refractivity contribution is 5.98. The molecule has 0 saturated heterocycles. The van der Waals surface area contributed by atoms with Crippen LogP contribution in [0, 0.1) is 65.1 Å². The smallest absolute Gasteiger partial charge is 0.394 e. The van der Waals surface area contributed by atoms with Crippen molar-refractivity contribution in [2.45, 2.75) is 102 Å². The summed E-state index contributed by atoms with van der Waals surface area (Å²) < 4.78 is 58.4. The SMILES string of the molecule is CC(CC(CC(C)c1ccc(Oc2ccc3cc4ccccc4cc3c2)cc1)c1ccc(OC2CC3CC2C2C4CC(C5C6CCC(C6)C45)C32)cc1)c1ccc(OCC(C)C(F)(F)F)cc1. The number of benzene rings is 6. The molecule has 6 aliphatic carbocycles. The van der Waals surface area contributed by atoms with E-state index >= 15 is 0 Å². The lowest BCUT2D eigenvalue weighted by atomic mass is 9.59. The van der Waals surface area contributed by atoms with Crippen LogP contribution in [0.4, 0.5) is 13.2 Å². The molecule has 6 aliphatic rings. The quantitative estimate of drug-likeness (QED) is 0.0806. The van der Waals surface area contributed by atoms with Crippen LogP contribution in [0.1, 0.15) is 107 Å². The number of rotatable bonds is 14. The van der Waals surface area contributed by atoms with Gasteiger partial charge in [-0.3, -0.25) is 0 Å². The summed E-state index contributed by atoms with van der Waals surface area (Å²) in [6, 6.07) is 44.5. The minimum Gasteiger partial charge on any atom is -0.493 e. The molecule has 6 fully saturated rings. The van der Waals surface area contributed by atoms with E-state index in [2.05, 4.69) is 111 Å². The summed E-state index contributed by atoms with van der Waals surface area (Å²) in [4.78, 5) is 0. The lowest BCUT2D eigenvalue weighted by Gasteiger charge is -2.46. The van der Waals surface area contributed by atoms with Gasteiger partial charge in [0.05, 0.1) is 12.5 Å². The third-order valence-electron chi connectivity index (χ3n) is 18.4. The predicted octanol–water partition coefficient (Wildman–Crippen LogP) is 16.2. The van der Waals surface area contributed by atoms with Gasteiger partial charge >= 0.3 is 6.18 Å². The molecular weight excluding hydrogens is 826 g/mol. The summed E-state index contributed by atoms with van der Waals surface area (Å²) in [5, 5.41) is 4.80. The Balaban J connectivity index is 0.737. The van der Waals surface area contributed by atoms with Crippen LogP contribution >= 0.6 is 0 Å². The Bertz CT molecular complexity index is 2690. The van der Waals surface area contributed by atoms with Crippen molar-refractivity contribution in [1.82, 2.24) is 0 Å². The summed E-state index contributed by atoms with van der Waals surface area (Å²) in [5.41, 5.74) is 3.74. The first-order valence-electron chi connectivity index (χ1n) is 25.3. The standard InChI is InChI=1S/C60H63F3O3/c1-34(37-10-17-48(18-11-37)64-33-36(3)60(61,62)63)24-45(25-35(2)38-12-19-49(20-13-38)65-51-23-16-42-26-40-6-4-5-7-41(40)27-46(42)29-51)39-14-21-50(22-15-39)66-55-31-47-30-52(55)59-54-32-53(58(47)59)56-43-8-9-44(28-43)57(54)56/h4-7,10-23,26-27,29,34-36,43-45,47,52-59H,8-9,24-25,28,30-33H2,1-3H3. The van der Waals surface area contributed by atoms with Crippen molar-refractivity contribution in [2.75, 3.05) is 6.61 Å². The van der Waals surface area contributed by atoms with E-state index in [9.17, 15) is 13.2 Å². The Kier molecular flexibility index (Phi) is 10.7. The van der Waals surface area contributed by atoms with Gasteiger partial charge in [-0.2, -0.15) is 13.2 Å². The van der Waals surface area contributed by atoms with Gasteiger partial charge in [0.15, 0.2) is 0 Å². The van der Waals surface area contributed by atoms with Crippen LogP contribution in [-0.4, -0.2) is 18.9 Å². The van der Waals surface area contributed by atoms with Crippen LogP contribution in [0.15, 0.2) is 127 Å². The molecule has 6 aromatic carbocycles. The molecule has 0 heterocycles. The highest BCUT2D eigenvalue weighted by Crippen LogP contribution is 2.76. The fourth-order valence-electron chi connectivity index (χ4n) is 15.5. The van der Waals surface area contributed by atoms with Gasteiger partial charge in [-0.05, 0) is 227 Å². The number of halogens is 3. The average Bonchev–Trinajstić information content (AvgIpc) is 4.20. The van der Waals surface area contributed by atoms with Gasteiger partial charge in [-0.1, -0.05) is 87.5 Å². The van der Waals surface area contributed by atoms with E-state index in [1.54, 1.807) is 6.42 Å². The first-order chi connectivity index (χ1) is 32.0. The summed E-state index contributed by atoms with van der Waals surface area (Å²) >= 11 is 0. The van der Waals surface area contributed by atoms with E-state index in [1.165, 1.54) is 59.4 Å². The van der Waals surface area contributed by atoms with E-state index < -0.39 is 18.7 Å². The molecule has 0 radical (unpaired) electrons. The van der Waals surface area contributed by atoms with Crippen molar-refractivity contribution in [3.63, 3.8) is 0 Å². The van der Waals surface area contributed by atoms with Gasteiger partial charge in [-0.15, -0.1) is 0 Å². The molecule has 6 aromatic rings. The summed E-state index contributed by atoms with van der Waals surface area (Å²) in [5.74, 6) is 12.1. The molecule has 342 valence electrons. The van der Waals surface area contributed by atoms with Gasteiger partial charge in [0, 0.05) is 0 Å². The molecular formula is C60H63F3O3. The lowest BCUT2D eigenvalue weighted by molar-refractivity contribution is -0.176. The molecule has 0 aliphatic heterocycles. The number of alkyl halides is 3. The molecule has 0 N–H and O–H groups in total. The largest absolute Gasteiger partial charge is 0.493 e. The van der Waals surface area contributed by atoms with Gasteiger partial charge in [0.1, 0.15) is 29.1 Å². The first-order valence-corrected chi connectivity index (χ1v) is 25.3. The van der Waals surface area contributed by atoms with E-state index in [-0.39, 0.29) is 17.8 Å². The third-order valence-corrected chi connectivity index (χ3v) is 18.4. The minimum absolute atomic E-state index is 0.218. The maximum atomic E-state index is 13.1. The monoisotopic (exact) mass is 888 g/mol. The maximum absolute atomic E-state index is 13.1. The Hall–Kier alpha value is -4.97. The molecule has 6 bridgehead atoms. The highest BCUT2D eigenvalue weighted by Gasteiger charge is 2.71. The van der Waals surface area contributed by atoms with Crippen LogP contribution < -0.4 is 14.2 Å². The Morgan fingerprint density at radius 2 is 1.05 bits per heavy atom. The van der Waals surface area contributed by atoms with Gasteiger partial charge in [0.25, 0.3) is 0 Å². The average molecular weight is 889 g/mol. The van der Waals surface area contributed by atoms with Crippen molar-refractivity contribution in [2.24, 2.45) is 65.1 Å². The van der Waals surface area contributed by atoms with Gasteiger partial charge in [-0.25, -0.2) is 0 Å².